The van der Waals surface area contributed by atoms with Gasteiger partial charge in [-0.3, -0.25) is 10.2 Å². The third-order valence-electron chi connectivity index (χ3n) is 2.98. The molecule has 6 heteroatoms. The zero-order chi connectivity index (χ0) is 16.7. The first-order valence-corrected chi connectivity index (χ1v) is 7.14. The van der Waals surface area contributed by atoms with E-state index in [-0.39, 0.29) is 6.61 Å². The lowest BCUT2D eigenvalue weighted by Crippen LogP contribution is -2.29. The molecule has 6 nitrogen and oxygen atoms in total. The van der Waals surface area contributed by atoms with Crippen LogP contribution in [-0.2, 0) is 4.74 Å². The zero-order valence-corrected chi connectivity index (χ0v) is 13.0. The molecule has 2 aromatic rings. The monoisotopic (exact) mass is 314 g/mol. The predicted octanol–water partition coefficient (Wildman–Crippen LogP) is 3.89. The molecular formula is C17H18N2O4. The standard InChI is InChI=1S/C17H18N2O4/c1-3-22-16(20)18-13-8-7-11-15(12-13)23-17(21)19(2)14-9-5-4-6-10-14/h4-12H,3H2,1-2H3,(H,18,20). The molecule has 23 heavy (non-hydrogen) atoms. The molecule has 0 aliphatic rings. The van der Waals surface area contributed by atoms with Crippen LogP contribution < -0.4 is 15.0 Å². The fourth-order valence-corrected chi connectivity index (χ4v) is 1.85. The van der Waals surface area contributed by atoms with Gasteiger partial charge in [0, 0.05) is 24.5 Å². The first kappa shape index (κ1) is 16.4. The second kappa shape index (κ2) is 7.84. The highest BCUT2D eigenvalue weighted by Gasteiger charge is 2.13. The van der Waals surface area contributed by atoms with Crippen LogP contribution in [0.5, 0.6) is 5.75 Å². The molecule has 0 aliphatic heterocycles. The van der Waals surface area contributed by atoms with Crippen LogP contribution in [0.4, 0.5) is 21.0 Å². The molecule has 0 aromatic heterocycles. The number of carbonyl (C=O) groups is 2. The average molecular weight is 314 g/mol. The molecule has 0 atom stereocenters. The highest BCUT2D eigenvalue weighted by molar-refractivity contribution is 5.89. The maximum atomic E-state index is 12.1. The number of carbonyl (C=O) groups excluding carboxylic acids is 2. The Kier molecular flexibility index (Phi) is 5.57. The van der Waals surface area contributed by atoms with Crippen molar-refractivity contribution in [3.8, 4) is 5.75 Å². The SMILES string of the molecule is CCOC(=O)Nc1cccc(OC(=O)N(C)c2ccccc2)c1. The number of rotatable bonds is 4. The maximum absolute atomic E-state index is 12.1. The fraction of sp³-hybridized carbons (Fsp3) is 0.176. The van der Waals surface area contributed by atoms with Gasteiger partial charge in [0.2, 0.25) is 0 Å². The van der Waals surface area contributed by atoms with Gasteiger partial charge in [-0.15, -0.1) is 0 Å². The van der Waals surface area contributed by atoms with E-state index >= 15 is 0 Å². The highest BCUT2D eigenvalue weighted by atomic mass is 16.6. The Balaban J connectivity index is 2.02. The van der Waals surface area contributed by atoms with E-state index in [1.165, 1.54) is 4.90 Å². The number of anilines is 2. The van der Waals surface area contributed by atoms with Gasteiger partial charge in [-0.1, -0.05) is 24.3 Å². The van der Waals surface area contributed by atoms with Gasteiger partial charge in [-0.05, 0) is 31.2 Å². The van der Waals surface area contributed by atoms with E-state index in [0.29, 0.717) is 11.4 Å². The number of ether oxygens (including phenoxy) is 2. The van der Waals surface area contributed by atoms with E-state index in [1.807, 2.05) is 18.2 Å². The van der Waals surface area contributed by atoms with Gasteiger partial charge < -0.3 is 9.47 Å². The maximum Gasteiger partial charge on any atom is 0.419 e. The summed E-state index contributed by atoms with van der Waals surface area (Å²) in [6.45, 7) is 2.00. The average Bonchev–Trinajstić information content (AvgIpc) is 2.55. The lowest BCUT2D eigenvalue weighted by atomic mass is 10.3. The molecule has 0 fully saturated rings. The van der Waals surface area contributed by atoms with Crippen molar-refractivity contribution in [2.24, 2.45) is 0 Å². The molecule has 0 radical (unpaired) electrons. The third-order valence-corrected chi connectivity index (χ3v) is 2.98. The molecule has 1 N–H and O–H groups in total. The Labute approximate surface area is 134 Å². The normalized spacial score (nSPS) is 9.83. The molecule has 0 aliphatic carbocycles. The fourth-order valence-electron chi connectivity index (χ4n) is 1.85. The van der Waals surface area contributed by atoms with E-state index in [0.717, 1.165) is 5.69 Å². The Morgan fingerprint density at radius 2 is 1.83 bits per heavy atom. The Morgan fingerprint density at radius 3 is 2.52 bits per heavy atom. The van der Waals surface area contributed by atoms with Gasteiger partial charge in [0.25, 0.3) is 0 Å². The van der Waals surface area contributed by atoms with Gasteiger partial charge in [0.1, 0.15) is 5.75 Å². The number of hydrogen-bond acceptors (Lipinski definition) is 4. The minimum absolute atomic E-state index is 0.280. The summed E-state index contributed by atoms with van der Waals surface area (Å²) in [6, 6.07) is 15.7. The molecule has 0 unspecified atom stereocenters. The van der Waals surface area contributed by atoms with Crippen molar-refractivity contribution in [2.45, 2.75) is 6.92 Å². The Morgan fingerprint density at radius 1 is 1.09 bits per heavy atom. The lowest BCUT2D eigenvalue weighted by molar-refractivity contribution is 0.168. The molecule has 0 saturated heterocycles. The summed E-state index contributed by atoms with van der Waals surface area (Å²) in [4.78, 5) is 24.9. The van der Waals surface area contributed by atoms with Crippen LogP contribution in [0, 0.1) is 0 Å². The van der Waals surface area contributed by atoms with Crippen LogP contribution in [0.25, 0.3) is 0 Å². The quantitative estimate of drug-likeness (QED) is 0.929. The summed E-state index contributed by atoms with van der Waals surface area (Å²) < 4.78 is 10.1. The van der Waals surface area contributed by atoms with Crippen molar-refractivity contribution in [2.75, 3.05) is 23.9 Å². The van der Waals surface area contributed by atoms with E-state index < -0.39 is 12.2 Å². The number of amides is 2. The second-order valence-corrected chi connectivity index (χ2v) is 4.64. The first-order chi connectivity index (χ1) is 11.1. The molecular weight excluding hydrogens is 296 g/mol. The van der Waals surface area contributed by atoms with E-state index in [1.54, 1.807) is 50.4 Å². The minimum atomic E-state index is -0.558. The number of nitrogens with zero attached hydrogens (tertiary/aromatic N) is 1. The van der Waals surface area contributed by atoms with Crippen molar-refractivity contribution < 1.29 is 19.1 Å². The molecule has 2 rings (SSSR count). The number of benzene rings is 2. The Bertz CT molecular complexity index is 673. The van der Waals surface area contributed by atoms with Crippen molar-refractivity contribution in [3.05, 3.63) is 54.6 Å². The summed E-state index contributed by atoms with van der Waals surface area (Å²) in [6.07, 6.45) is -1.08. The first-order valence-electron chi connectivity index (χ1n) is 7.14. The second-order valence-electron chi connectivity index (χ2n) is 4.64. The van der Waals surface area contributed by atoms with Crippen LogP contribution >= 0.6 is 0 Å². The van der Waals surface area contributed by atoms with Gasteiger partial charge >= 0.3 is 12.2 Å². The van der Waals surface area contributed by atoms with E-state index in [9.17, 15) is 9.59 Å². The van der Waals surface area contributed by atoms with Crippen molar-refractivity contribution in [1.29, 1.82) is 0 Å². The Hall–Kier alpha value is -3.02. The van der Waals surface area contributed by atoms with Gasteiger partial charge in [0.15, 0.2) is 0 Å². The molecule has 0 heterocycles. The molecule has 2 aromatic carbocycles. The zero-order valence-electron chi connectivity index (χ0n) is 13.0. The number of hydrogen-bond donors (Lipinski definition) is 1. The smallest absolute Gasteiger partial charge is 0.419 e. The topological polar surface area (TPSA) is 67.9 Å². The van der Waals surface area contributed by atoms with Crippen LogP contribution in [0.15, 0.2) is 54.6 Å². The summed E-state index contributed by atoms with van der Waals surface area (Å²) >= 11 is 0. The van der Waals surface area contributed by atoms with Gasteiger partial charge in [-0.25, -0.2) is 9.59 Å². The number of nitrogens with one attached hydrogen (secondary N) is 1. The molecule has 2 amide bonds. The minimum Gasteiger partial charge on any atom is -0.450 e. The molecule has 0 saturated carbocycles. The summed E-state index contributed by atoms with van der Waals surface area (Å²) in [7, 11) is 1.62. The summed E-state index contributed by atoms with van der Waals surface area (Å²) in [5.74, 6) is 0.326. The third kappa shape index (κ3) is 4.74. The van der Waals surface area contributed by atoms with Crippen molar-refractivity contribution in [1.82, 2.24) is 0 Å². The van der Waals surface area contributed by atoms with Crippen LogP contribution in [0.3, 0.4) is 0 Å². The molecule has 0 bridgehead atoms. The highest BCUT2D eigenvalue weighted by Crippen LogP contribution is 2.20. The van der Waals surface area contributed by atoms with Gasteiger partial charge in [-0.2, -0.15) is 0 Å². The molecule has 120 valence electrons. The van der Waals surface area contributed by atoms with Crippen molar-refractivity contribution >= 4 is 23.6 Å². The van der Waals surface area contributed by atoms with Crippen LogP contribution in [-0.4, -0.2) is 25.8 Å². The van der Waals surface area contributed by atoms with Crippen LogP contribution in [0.2, 0.25) is 0 Å². The van der Waals surface area contributed by atoms with Gasteiger partial charge in [0.05, 0.1) is 6.61 Å². The summed E-state index contributed by atoms with van der Waals surface area (Å²) in [5.41, 5.74) is 1.20. The van der Waals surface area contributed by atoms with Crippen molar-refractivity contribution in [3.63, 3.8) is 0 Å². The predicted molar refractivity (Wildman–Crippen MR) is 88.0 cm³/mol. The lowest BCUT2D eigenvalue weighted by Gasteiger charge is -2.17. The van der Waals surface area contributed by atoms with E-state index in [2.05, 4.69) is 5.32 Å². The molecule has 0 spiro atoms. The van der Waals surface area contributed by atoms with Crippen LogP contribution in [0.1, 0.15) is 6.92 Å². The van der Waals surface area contributed by atoms with E-state index in [4.69, 9.17) is 9.47 Å². The number of para-hydroxylation sites is 1. The summed E-state index contributed by atoms with van der Waals surface area (Å²) in [5, 5.41) is 2.55. The largest absolute Gasteiger partial charge is 0.450 e.